The molecule has 1 heterocycles. The maximum Gasteiger partial charge on any atom is 0.330 e. The summed E-state index contributed by atoms with van der Waals surface area (Å²) in [5, 5.41) is 0. The summed E-state index contributed by atoms with van der Waals surface area (Å²) in [7, 11) is 0. The highest BCUT2D eigenvalue weighted by atomic mass is 79.9. The van der Waals surface area contributed by atoms with E-state index in [0.29, 0.717) is 29.9 Å². The van der Waals surface area contributed by atoms with Crippen LogP contribution in [0.2, 0.25) is 0 Å². The number of rotatable bonds is 8. The molecule has 0 bridgehead atoms. The summed E-state index contributed by atoms with van der Waals surface area (Å²) in [6.07, 6.45) is 3.30. The Labute approximate surface area is 191 Å². The second-order valence-electron chi connectivity index (χ2n) is 6.42. The van der Waals surface area contributed by atoms with Crippen LogP contribution in [0, 0.1) is 0 Å². The minimum atomic E-state index is -0.510. The molecule has 2 amide bonds. The van der Waals surface area contributed by atoms with E-state index >= 15 is 0 Å². The summed E-state index contributed by atoms with van der Waals surface area (Å²) in [5.74, 6) is -0.502. The van der Waals surface area contributed by atoms with Gasteiger partial charge in [0.2, 0.25) is 0 Å². The molecule has 0 unspecified atom stereocenters. The van der Waals surface area contributed by atoms with Crippen LogP contribution in [0.3, 0.4) is 0 Å². The van der Waals surface area contributed by atoms with E-state index in [1.165, 1.54) is 11.0 Å². The van der Waals surface area contributed by atoms with E-state index in [0.717, 1.165) is 14.5 Å². The third-order valence-corrected chi connectivity index (χ3v) is 5.36. The molecule has 0 N–H and O–H groups in total. The summed E-state index contributed by atoms with van der Waals surface area (Å²) in [4.78, 5) is 38.0. The number of ether oxygens (including phenoxy) is 2. The molecule has 6 nitrogen and oxygen atoms in total. The second kappa shape index (κ2) is 10.0. The van der Waals surface area contributed by atoms with Crippen LogP contribution >= 0.6 is 31.9 Å². The van der Waals surface area contributed by atoms with E-state index in [1.807, 2.05) is 25.1 Å². The normalized spacial score (nSPS) is 13.1. The third-order valence-electron chi connectivity index (χ3n) is 4.37. The van der Waals surface area contributed by atoms with Gasteiger partial charge in [0.05, 0.1) is 24.3 Å². The van der Waals surface area contributed by atoms with Gasteiger partial charge in [-0.2, -0.15) is 0 Å². The van der Waals surface area contributed by atoms with Crippen molar-refractivity contribution < 1.29 is 23.9 Å². The van der Waals surface area contributed by atoms with Crippen molar-refractivity contribution in [3.8, 4) is 5.75 Å². The predicted octanol–water partition coefficient (Wildman–Crippen LogP) is 4.85. The molecule has 3 rings (SSSR count). The Morgan fingerprint density at radius 2 is 1.73 bits per heavy atom. The number of benzene rings is 2. The molecular formula is C22H19Br2NO5. The van der Waals surface area contributed by atoms with Gasteiger partial charge in [0.1, 0.15) is 5.75 Å². The van der Waals surface area contributed by atoms with Crippen molar-refractivity contribution in [3.05, 3.63) is 68.1 Å². The van der Waals surface area contributed by atoms with E-state index in [4.69, 9.17) is 9.47 Å². The van der Waals surface area contributed by atoms with Gasteiger partial charge in [0.15, 0.2) is 0 Å². The Bertz CT molecular complexity index is 1020. The van der Waals surface area contributed by atoms with Gasteiger partial charge in [0.25, 0.3) is 11.8 Å². The van der Waals surface area contributed by atoms with Crippen LogP contribution in [0.15, 0.2) is 51.4 Å². The van der Waals surface area contributed by atoms with Gasteiger partial charge in [-0.15, -0.1) is 0 Å². The van der Waals surface area contributed by atoms with Crippen molar-refractivity contribution in [2.45, 2.75) is 13.3 Å². The minimum Gasteiger partial charge on any atom is -0.493 e. The Morgan fingerprint density at radius 3 is 2.50 bits per heavy atom. The van der Waals surface area contributed by atoms with Crippen LogP contribution < -0.4 is 4.74 Å². The average Bonchev–Trinajstić information content (AvgIpc) is 2.95. The van der Waals surface area contributed by atoms with Gasteiger partial charge in [0, 0.05) is 27.1 Å². The molecule has 0 saturated carbocycles. The molecule has 1 aliphatic heterocycles. The van der Waals surface area contributed by atoms with Crippen molar-refractivity contribution in [2.24, 2.45) is 0 Å². The maximum atomic E-state index is 12.4. The van der Waals surface area contributed by atoms with E-state index in [-0.39, 0.29) is 25.0 Å². The molecule has 0 radical (unpaired) electrons. The second-order valence-corrected chi connectivity index (χ2v) is 8.25. The van der Waals surface area contributed by atoms with Crippen molar-refractivity contribution in [1.82, 2.24) is 4.90 Å². The number of amides is 2. The van der Waals surface area contributed by atoms with Crippen molar-refractivity contribution >= 4 is 55.7 Å². The molecule has 1 aliphatic rings. The Morgan fingerprint density at radius 1 is 1.03 bits per heavy atom. The predicted molar refractivity (Wildman–Crippen MR) is 119 cm³/mol. The summed E-state index contributed by atoms with van der Waals surface area (Å²) in [5.41, 5.74) is 1.52. The molecule has 0 aromatic heterocycles. The van der Waals surface area contributed by atoms with Gasteiger partial charge in [-0.1, -0.05) is 31.9 Å². The van der Waals surface area contributed by atoms with Gasteiger partial charge in [-0.25, -0.2) is 4.79 Å². The van der Waals surface area contributed by atoms with E-state index in [9.17, 15) is 14.4 Å². The maximum absolute atomic E-state index is 12.4. The van der Waals surface area contributed by atoms with Crippen LogP contribution in [0.5, 0.6) is 5.75 Å². The number of fused-ring (bicyclic) bond motifs is 1. The largest absolute Gasteiger partial charge is 0.493 e. The quantitative estimate of drug-likeness (QED) is 0.209. The lowest BCUT2D eigenvalue weighted by atomic mass is 10.1. The molecule has 0 fully saturated rings. The first kappa shape index (κ1) is 22.2. The van der Waals surface area contributed by atoms with Gasteiger partial charge in [-0.3, -0.25) is 14.5 Å². The molecule has 2 aromatic rings. The number of halogens is 2. The number of hydrogen-bond acceptors (Lipinski definition) is 5. The summed E-state index contributed by atoms with van der Waals surface area (Å²) >= 11 is 6.70. The SMILES string of the molecule is CCOc1ccc(Br)cc1/C=C/C(=O)OCCCN1C(=O)c2ccc(Br)cc2C1=O. The van der Waals surface area contributed by atoms with E-state index in [2.05, 4.69) is 31.9 Å². The zero-order valence-corrected chi connectivity index (χ0v) is 19.4. The molecule has 2 aromatic carbocycles. The van der Waals surface area contributed by atoms with Gasteiger partial charge < -0.3 is 9.47 Å². The third kappa shape index (κ3) is 5.17. The van der Waals surface area contributed by atoms with Gasteiger partial charge in [-0.05, 0) is 55.8 Å². The van der Waals surface area contributed by atoms with Crippen LogP contribution in [-0.4, -0.2) is 42.4 Å². The highest BCUT2D eigenvalue weighted by Gasteiger charge is 2.35. The molecule has 0 atom stereocenters. The number of hydrogen-bond donors (Lipinski definition) is 0. The summed E-state index contributed by atoms with van der Waals surface area (Å²) < 4.78 is 12.3. The van der Waals surface area contributed by atoms with Crippen molar-refractivity contribution in [3.63, 3.8) is 0 Å². The fraction of sp³-hybridized carbons (Fsp3) is 0.227. The monoisotopic (exact) mass is 535 g/mol. The smallest absolute Gasteiger partial charge is 0.330 e. The summed E-state index contributed by atoms with van der Waals surface area (Å²) in [6, 6.07) is 10.5. The fourth-order valence-electron chi connectivity index (χ4n) is 3.00. The Balaban J connectivity index is 1.50. The molecule has 156 valence electrons. The number of nitrogens with zero attached hydrogens (tertiary/aromatic N) is 1. The molecule has 0 spiro atoms. The minimum absolute atomic E-state index is 0.0943. The van der Waals surface area contributed by atoms with Crippen LogP contribution in [0.25, 0.3) is 6.08 Å². The molecule has 0 saturated heterocycles. The first-order valence-electron chi connectivity index (χ1n) is 9.33. The van der Waals surface area contributed by atoms with E-state index in [1.54, 1.807) is 24.3 Å². The average molecular weight is 537 g/mol. The Kier molecular flexibility index (Phi) is 7.44. The van der Waals surface area contributed by atoms with Gasteiger partial charge >= 0.3 is 5.97 Å². The lowest BCUT2D eigenvalue weighted by Gasteiger charge is -2.13. The molecular weight excluding hydrogens is 518 g/mol. The Hall–Kier alpha value is -2.45. The topological polar surface area (TPSA) is 72.9 Å². The first-order valence-corrected chi connectivity index (χ1v) is 10.9. The zero-order chi connectivity index (χ0) is 21.7. The number of esters is 1. The zero-order valence-electron chi connectivity index (χ0n) is 16.2. The van der Waals surface area contributed by atoms with Crippen LogP contribution in [-0.2, 0) is 9.53 Å². The van der Waals surface area contributed by atoms with Crippen molar-refractivity contribution in [1.29, 1.82) is 0 Å². The molecule has 0 aliphatic carbocycles. The molecule has 8 heteroatoms. The number of imide groups is 1. The lowest BCUT2D eigenvalue weighted by molar-refractivity contribution is -0.137. The lowest BCUT2D eigenvalue weighted by Crippen LogP contribution is -2.31. The van der Waals surface area contributed by atoms with Crippen LogP contribution in [0.1, 0.15) is 39.6 Å². The highest BCUT2D eigenvalue weighted by molar-refractivity contribution is 9.10. The summed E-state index contributed by atoms with van der Waals surface area (Å²) in [6.45, 7) is 2.68. The highest BCUT2D eigenvalue weighted by Crippen LogP contribution is 2.26. The standard InChI is InChI=1S/C22H19Br2NO5/c1-2-29-19-8-6-15(23)12-14(19)4-9-20(26)30-11-3-10-25-21(27)17-7-5-16(24)13-18(17)22(25)28/h4-9,12-13H,2-3,10-11H2,1H3/b9-4+. The van der Waals surface area contributed by atoms with E-state index < -0.39 is 5.97 Å². The number of carbonyl (C=O) groups excluding carboxylic acids is 3. The number of carbonyl (C=O) groups is 3. The first-order chi connectivity index (χ1) is 14.4. The van der Waals surface area contributed by atoms with Crippen LogP contribution in [0.4, 0.5) is 0 Å². The van der Waals surface area contributed by atoms with Crippen molar-refractivity contribution in [2.75, 3.05) is 19.8 Å². The molecule has 30 heavy (non-hydrogen) atoms. The fourth-order valence-corrected chi connectivity index (χ4v) is 3.74.